The summed E-state index contributed by atoms with van der Waals surface area (Å²) in [5, 5.41) is 164. The Hall–Kier alpha value is -1.46. The van der Waals surface area contributed by atoms with Crippen molar-refractivity contribution in [1.82, 2.24) is 5.48 Å². The van der Waals surface area contributed by atoms with Crippen LogP contribution in [0.25, 0.3) is 0 Å². The first-order valence-electron chi connectivity index (χ1n) is 16.9. The van der Waals surface area contributed by atoms with Gasteiger partial charge in [-0.2, -0.15) is 5.48 Å². The van der Waals surface area contributed by atoms with Crippen LogP contribution < -0.4 is 5.48 Å². The molecule has 0 aromatic heterocycles. The van der Waals surface area contributed by atoms with Gasteiger partial charge in [-0.3, -0.25) is 0 Å². The fourth-order valence-corrected chi connectivity index (χ4v) is 6.93. The number of hydrogen-bond acceptors (Lipinski definition) is 22. The highest BCUT2D eigenvalue weighted by atomic mass is 16.7. The van der Waals surface area contributed by atoms with Crippen molar-refractivity contribution < 1.29 is 105 Å². The minimum Gasteiger partial charge on any atom is -0.506 e. The average molecular weight is 766 g/mol. The molecule has 0 radical (unpaired) electrons. The molecule has 1 saturated heterocycles. The number of rotatable bonds is 25. The average Bonchev–Trinajstić information content (AvgIpc) is 3.97. The number of fused-ring (bicyclic) bond motifs is 1. The molecule has 22 heteroatoms. The predicted octanol–water partition coefficient (Wildman–Crippen LogP) is -7.09. The zero-order valence-electron chi connectivity index (χ0n) is 28.4. The summed E-state index contributed by atoms with van der Waals surface area (Å²) in [5.41, 5.74) is -1.97. The topological polar surface area (TPSA) is 382 Å². The molecule has 0 aromatic carbocycles. The van der Waals surface area contributed by atoms with Gasteiger partial charge in [0.25, 0.3) is 0 Å². The van der Waals surface area contributed by atoms with Gasteiger partial charge in [-0.25, -0.2) is 0 Å². The highest BCUT2D eigenvalue weighted by molar-refractivity contribution is 5.24. The van der Waals surface area contributed by atoms with Gasteiger partial charge in [0.1, 0.15) is 42.2 Å². The molecule has 0 spiro atoms. The van der Waals surface area contributed by atoms with Crippen molar-refractivity contribution in [2.45, 2.75) is 118 Å². The minimum absolute atomic E-state index is 0.237. The summed E-state index contributed by atoms with van der Waals surface area (Å²) in [7, 11) is 0. The van der Waals surface area contributed by atoms with Crippen LogP contribution in [0, 0.1) is 17.3 Å². The van der Waals surface area contributed by atoms with Gasteiger partial charge in [0.05, 0.1) is 37.4 Å². The van der Waals surface area contributed by atoms with Crippen LogP contribution in [0.5, 0.6) is 0 Å². The van der Waals surface area contributed by atoms with E-state index in [0.29, 0.717) is 6.42 Å². The summed E-state index contributed by atoms with van der Waals surface area (Å²) in [4.78, 5) is 0. The smallest absolute Gasteiger partial charge is 0.226 e. The molecule has 3 rings (SSSR count). The Morgan fingerprint density at radius 1 is 0.904 bits per heavy atom. The zero-order valence-corrected chi connectivity index (χ0v) is 28.4. The number of aliphatic hydroxyl groups is 15. The van der Waals surface area contributed by atoms with E-state index in [9.17, 15) is 71.5 Å². The third-order valence-electron chi connectivity index (χ3n) is 9.91. The van der Waals surface area contributed by atoms with Crippen LogP contribution in [-0.4, -0.2) is 207 Å². The van der Waals surface area contributed by atoms with E-state index in [4.69, 9.17) is 34.0 Å². The predicted molar refractivity (Wildman–Crippen MR) is 166 cm³/mol. The van der Waals surface area contributed by atoms with Gasteiger partial charge in [0, 0.05) is 44.2 Å². The van der Waals surface area contributed by atoms with Crippen LogP contribution in [0.4, 0.5) is 0 Å². The Kier molecular flexibility index (Phi) is 16.8. The number of nitrogens with one attached hydrogen (secondary N) is 1. The van der Waals surface area contributed by atoms with Gasteiger partial charge in [0.15, 0.2) is 30.3 Å². The van der Waals surface area contributed by atoms with E-state index >= 15 is 0 Å². The molecule has 3 aliphatic rings. The molecule has 17 N–H and O–H groups in total. The van der Waals surface area contributed by atoms with Crippen LogP contribution in [0.2, 0.25) is 0 Å². The van der Waals surface area contributed by atoms with Gasteiger partial charge < -0.3 is 105 Å². The van der Waals surface area contributed by atoms with E-state index in [1.807, 2.05) is 6.92 Å². The normalized spacial score (nSPS) is 36.4. The minimum atomic E-state index is -2.59. The lowest BCUT2D eigenvalue weighted by Gasteiger charge is -2.36. The Labute approximate surface area is 297 Å². The summed E-state index contributed by atoms with van der Waals surface area (Å²) in [5.74, 6) is -4.60. The second-order valence-corrected chi connectivity index (χ2v) is 13.2. The van der Waals surface area contributed by atoms with Gasteiger partial charge in [-0.05, 0) is 19.3 Å². The third-order valence-corrected chi connectivity index (χ3v) is 9.91. The van der Waals surface area contributed by atoms with Crippen molar-refractivity contribution in [3.05, 3.63) is 11.5 Å². The molecule has 52 heavy (non-hydrogen) atoms. The molecule has 0 amide bonds. The van der Waals surface area contributed by atoms with E-state index in [1.54, 1.807) is 0 Å². The molecule has 22 nitrogen and oxygen atoms in total. The molecule has 0 bridgehead atoms. The lowest BCUT2D eigenvalue weighted by Crippen LogP contribution is -2.52. The van der Waals surface area contributed by atoms with Crippen LogP contribution in [-0.2, 0) is 23.7 Å². The lowest BCUT2D eigenvalue weighted by atomic mass is 9.97. The SMILES string of the molecule is CCCOC1C2C(O)[C@@H](OC3C(C(O)[C@H](O)OC(C(O)[C@H](O)O/C(=C(/O)[C@H](O)CCO)[C@@H](O)NO)[C@H](O)CCO)C3(CO)CCO)OC(CO)C12O. The maximum absolute atomic E-state index is 11.3. The molecule has 0 aromatic rings. The molecule has 306 valence electrons. The largest absolute Gasteiger partial charge is 0.506 e. The van der Waals surface area contributed by atoms with Gasteiger partial charge in [-0.1, -0.05) is 6.92 Å². The van der Waals surface area contributed by atoms with Crippen molar-refractivity contribution in [1.29, 1.82) is 0 Å². The third kappa shape index (κ3) is 9.14. The highest BCUT2D eigenvalue weighted by Crippen LogP contribution is 2.62. The number of aliphatic hydroxyl groups excluding tert-OH is 14. The number of hydroxylamine groups is 1. The molecule has 11 unspecified atom stereocenters. The van der Waals surface area contributed by atoms with E-state index in [2.05, 4.69) is 0 Å². The fourth-order valence-electron chi connectivity index (χ4n) is 6.93. The van der Waals surface area contributed by atoms with Crippen LogP contribution in [0.15, 0.2) is 11.5 Å². The summed E-state index contributed by atoms with van der Waals surface area (Å²) < 4.78 is 27.5. The van der Waals surface area contributed by atoms with Crippen molar-refractivity contribution in [2.24, 2.45) is 17.3 Å². The Morgan fingerprint density at radius 3 is 2.10 bits per heavy atom. The summed E-state index contributed by atoms with van der Waals surface area (Å²) in [6.07, 6.45) is -25.0. The molecule has 1 heterocycles. The Bertz CT molecular complexity index is 1120. The van der Waals surface area contributed by atoms with E-state index in [1.165, 1.54) is 5.48 Å². The van der Waals surface area contributed by atoms with Crippen LogP contribution >= 0.6 is 0 Å². The molecule has 1 aliphatic heterocycles. The van der Waals surface area contributed by atoms with E-state index in [-0.39, 0.29) is 13.0 Å². The first-order valence-corrected chi connectivity index (χ1v) is 16.9. The second kappa shape index (κ2) is 19.4. The molecular weight excluding hydrogens is 710 g/mol. The monoisotopic (exact) mass is 765 g/mol. The summed E-state index contributed by atoms with van der Waals surface area (Å²) in [6.45, 7) is -1.34. The Balaban J connectivity index is 1.82. The lowest BCUT2D eigenvalue weighted by molar-refractivity contribution is -0.284. The highest BCUT2D eigenvalue weighted by Gasteiger charge is 2.77. The van der Waals surface area contributed by atoms with Gasteiger partial charge in [0.2, 0.25) is 6.29 Å². The molecular formula is C30H55NO21. The Morgan fingerprint density at radius 2 is 1.56 bits per heavy atom. The standard InChI is InChI=1S/C30H55NO21/c1-2-9-48-24-16-19(41)28(49-14(10-35)30(16,24)46)52-23-15(29(23,11-36)5-8-34)18(40)26(44)50-21(13(38)4-7-33)20(42)27(45)51-22(25(43)31-47)17(39)12(37)3-6-32/h12-16,18-21,23-28,31-47H,2-11H2,1H3/b22-17+/t12-,13-,14?,15?,16?,18?,19?,20?,21?,23?,24?,25-,26-,27-,28-,29?,30?/m1/s1. The number of hydrogen-bond donors (Lipinski definition) is 17. The van der Waals surface area contributed by atoms with Crippen molar-refractivity contribution in [3.8, 4) is 0 Å². The van der Waals surface area contributed by atoms with Crippen molar-refractivity contribution in [3.63, 3.8) is 0 Å². The summed E-state index contributed by atoms with van der Waals surface area (Å²) in [6, 6.07) is 0. The summed E-state index contributed by atoms with van der Waals surface area (Å²) >= 11 is 0. The quantitative estimate of drug-likeness (QED) is 0.0233. The maximum atomic E-state index is 11.3. The van der Waals surface area contributed by atoms with Crippen LogP contribution in [0.3, 0.4) is 0 Å². The van der Waals surface area contributed by atoms with E-state index < -0.39 is 160 Å². The van der Waals surface area contributed by atoms with Crippen molar-refractivity contribution >= 4 is 0 Å². The number of ether oxygens (including phenoxy) is 5. The first kappa shape index (κ1) is 44.9. The molecule has 2 aliphatic carbocycles. The molecule has 3 fully saturated rings. The second-order valence-electron chi connectivity index (χ2n) is 13.2. The van der Waals surface area contributed by atoms with Gasteiger partial charge in [-0.15, -0.1) is 0 Å². The molecule has 17 atom stereocenters. The zero-order chi connectivity index (χ0) is 39.1. The van der Waals surface area contributed by atoms with Crippen molar-refractivity contribution in [2.75, 3.05) is 39.6 Å². The first-order chi connectivity index (χ1) is 24.6. The van der Waals surface area contributed by atoms with E-state index in [0.717, 1.165) is 0 Å². The molecule has 2 saturated carbocycles. The van der Waals surface area contributed by atoms with Gasteiger partial charge >= 0.3 is 0 Å². The van der Waals surface area contributed by atoms with Crippen LogP contribution in [0.1, 0.15) is 32.6 Å². The maximum Gasteiger partial charge on any atom is 0.226 e. The fraction of sp³-hybridized carbons (Fsp3) is 0.933.